The first-order valence-electron chi connectivity index (χ1n) is 6.82. The molecule has 1 unspecified atom stereocenters. The molecule has 2 saturated carbocycles. The quantitative estimate of drug-likeness (QED) is 0.826. The van der Waals surface area contributed by atoms with Crippen LogP contribution in [0, 0.1) is 11.8 Å². The summed E-state index contributed by atoms with van der Waals surface area (Å²) in [6.07, 6.45) is 7.04. The van der Waals surface area contributed by atoms with Crippen molar-refractivity contribution in [2.24, 2.45) is 11.8 Å². The molecule has 0 bridgehead atoms. The van der Waals surface area contributed by atoms with E-state index in [2.05, 4.69) is 17.4 Å². The zero-order chi connectivity index (χ0) is 11.7. The summed E-state index contributed by atoms with van der Waals surface area (Å²) in [7, 11) is 0. The Morgan fingerprint density at radius 1 is 1.12 bits per heavy atom. The lowest BCUT2D eigenvalue weighted by atomic mass is 9.85. The molecule has 3 rings (SSSR count). The molecule has 1 aromatic rings. The third-order valence-electron chi connectivity index (χ3n) is 4.17. The van der Waals surface area contributed by atoms with Crippen LogP contribution < -0.4 is 5.32 Å². The molecule has 0 radical (unpaired) electrons. The molecule has 0 aromatic heterocycles. The maximum atomic E-state index is 5.95. The van der Waals surface area contributed by atoms with Gasteiger partial charge in [-0.25, -0.2) is 0 Å². The van der Waals surface area contributed by atoms with E-state index >= 15 is 0 Å². The van der Waals surface area contributed by atoms with Crippen LogP contribution in [-0.4, -0.2) is 6.54 Å². The van der Waals surface area contributed by atoms with Crippen molar-refractivity contribution in [3.63, 3.8) is 0 Å². The Balaban J connectivity index is 1.64. The van der Waals surface area contributed by atoms with Crippen molar-refractivity contribution < 1.29 is 0 Å². The highest BCUT2D eigenvalue weighted by Crippen LogP contribution is 2.41. The number of hydrogen-bond acceptors (Lipinski definition) is 1. The summed E-state index contributed by atoms with van der Waals surface area (Å²) in [6.45, 7) is 1.20. The van der Waals surface area contributed by atoms with Gasteiger partial charge in [-0.2, -0.15) is 0 Å². The molecule has 92 valence electrons. The lowest BCUT2D eigenvalue weighted by molar-refractivity contribution is 0.283. The van der Waals surface area contributed by atoms with Crippen LogP contribution in [0.5, 0.6) is 0 Å². The average molecular weight is 250 g/mol. The monoisotopic (exact) mass is 249 g/mol. The zero-order valence-electron chi connectivity index (χ0n) is 10.2. The summed E-state index contributed by atoms with van der Waals surface area (Å²) in [5.41, 5.74) is 1.41. The van der Waals surface area contributed by atoms with Crippen LogP contribution in [0.3, 0.4) is 0 Å². The SMILES string of the molecule is Clc1ccc(C(NCC2CCC2)C2CC2)cc1. The van der Waals surface area contributed by atoms with Crippen LogP contribution >= 0.6 is 11.6 Å². The molecule has 0 aliphatic heterocycles. The lowest BCUT2D eigenvalue weighted by Gasteiger charge is -2.28. The van der Waals surface area contributed by atoms with E-state index in [1.165, 1.54) is 44.2 Å². The van der Waals surface area contributed by atoms with Gasteiger partial charge in [-0.1, -0.05) is 30.2 Å². The van der Waals surface area contributed by atoms with E-state index in [9.17, 15) is 0 Å². The molecule has 2 heteroatoms. The third-order valence-corrected chi connectivity index (χ3v) is 4.43. The van der Waals surface area contributed by atoms with Gasteiger partial charge in [0.1, 0.15) is 0 Å². The van der Waals surface area contributed by atoms with Crippen LogP contribution in [0.4, 0.5) is 0 Å². The minimum absolute atomic E-state index is 0.563. The van der Waals surface area contributed by atoms with Crippen LogP contribution in [0.2, 0.25) is 5.02 Å². The van der Waals surface area contributed by atoms with E-state index in [1.54, 1.807) is 0 Å². The molecule has 1 aromatic carbocycles. The Hall–Kier alpha value is -0.530. The smallest absolute Gasteiger partial charge is 0.0406 e. The largest absolute Gasteiger partial charge is 0.309 e. The number of hydrogen-bond donors (Lipinski definition) is 1. The predicted molar refractivity (Wildman–Crippen MR) is 72.3 cm³/mol. The Kier molecular flexibility index (Phi) is 3.39. The first-order valence-corrected chi connectivity index (χ1v) is 7.19. The van der Waals surface area contributed by atoms with Gasteiger partial charge in [0, 0.05) is 11.1 Å². The lowest BCUT2D eigenvalue weighted by Crippen LogP contribution is -2.31. The first kappa shape index (κ1) is 11.6. The maximum absolute atomic E-state index is 5.95. The van der Waals surface area contributed by atoms with Gasteiger partial charge in [0.15, 0.2) is 0 Å². The van der Waals surface area contributed by atoms with Gasteiger partial charge in [-0.05, 0) is 61.8 Å². The third kappa shape index (κ3) is 2.83. The Labute approximate surface area is 109 Å². The minimum atomic E-state index is 0.563. The topological polar surface area (TPSA) is 12.0 Å². The standard InChI is InChI=1S/C15H20ClN/c16-14-8-6-13(7-9-14)15(12-4-5-12)17-10-11-2-1-3-11/h6-9,11-12,15,17H,1-5,10H2. The molecule has 2 aliphatic rings. The number of nitrogens with one attached hydrogen (secondary N) is 1. The highest BCUT2D eigenvalue weighted by Gasteiger charge is 2.32. The summed E-state index contributed by atoms with van der Waals surface area (Å²) in [6, 6.07) is 8.94. The van der Waals surface area contributed by atoms with Crippen molar-refractivity contribution >= 4 is 11.6 Å². The molecular formula is C15H20ClN. The van der Waals surface area contributed by atoms with Crippen LogP contribution in [-0.2, 0) is 0 Å². The van der Waals surface area contributed by atoms with E-state index in [4.69, 9.17) is 11.6 Å². The van der Waals surface area contributed by atoms with Crippen molar-refractivity contribution in [1.82, 2.24) is 5.32 Å². The molecule has 1 nitrogen and oxygen atoms in total. The predicted octanol–water partition coefficient (Wildman–Crippen LogP) is 4.18. The summed E-state index contributed by atoms with van der Waals surface area (Å²) < 4.78 is 0. The van der Waals surface area contributed by atoms with Gasteiger partial charge in [0.05, 0.1) is 0 Å². The first-order chi connectivity index (χ1) is 8.33. The van der Waals surface area contributed by atoms with Crippen LogP contribution in [0.15, 0.2) is 24.3 Å². The van der Waals surface area contributed by atoms with E-state index in [-0.39, 0.29) is 0 Å². The maximum Gasteiger partial charge on any atom is 0.0406 e. The normalized spacial score (nSPS) is 22.2. The highest BCUT2D eigenvalue weighted by molar-refractivity contribution is 6.30. The van der Waals surface area contributed by atoms with Gasteiger partial charge in [-0.3, -0.25) is 0 Å². The van der Waals surface area contributed by atoms with Crippen molar-refractivity contribution in [1.29, 1.82) is 0 Å². The molecular weight excluding hydrogens is 230 g/mol. The van der Waals surface area contributed by atoms with Gasteiger partial charge in [-0.15, -0.1) is 0 Å². The van der Waals surface area contributed by atoms with E-state index in [0.717, 1.165) is 16.9 Å². The molecule has 0 amide bonds. The van der Waals surface area contributed by atoms with E-state index < -0.39 is 0 Å². The van der Waals surface area contributed by atoms with Gasteiger partial charge >= 0.3 is 0 Å². The molecule has 2 fully saturated rings. The average Bonchev–Trinajstić information content (AvgIpc) is 3.07. The van der Waals surface area contributed by atoms with Crippen molar-refractivity contribution in [3.8, 4) is 0 Å². The summed E-state index contributed by atoms with van der Waals surface area (Å²) in [5.74, 6) is 1.79. The van der Waals surface area contributed by atoms with Crippen molar-refractivity contribution in [2.45, 2.75) is 38.1 Å². The van der Waals surface area contributed by atoms with E-state index in [0.29, 0.717) is 6.04 Å². The van der Waals surface area contributed by atoms with Crippen molar-refractivity contribution in [3.05, 3.63) is 34.9 Å². The second-order valence-electron chi connectivity index (χ2n) is 5.57. The van der Waals surface area contributed by atoms with Gasteiger partial charge < -0.3 is 5.32 Å². The Morgan fingerprint density at radius 2 is 1.82 bits per heavy atom. The fourth-order valence-corrected chi connectivity index (χ4v) is 2.77. The Morgan fingerprint density at radius 3 is 2.35 bits per heavy atom. The molecule has 1 atom stereocenters. The molecule has 17 heavy (non-hydrogen) atoms. The number of rotatable bonds is 5. The molecule has 0 spiro atoms. The minimum Gasteiger partial charge on any atom is -0.309 e. The molecule has 1 N–H and O–H groups in total. The molecule has 2 aliphatic carbocycles. The van der Waals surface area contributed by atoms with Crippen LogP contribution in [0.25, 0.3) is 0 Å². The van der Waals surface area contributed by atoms with Gasteiger partial charge in [0.2, 0.25) is 0 Å². The van der Waals surface area contributed by atoms with Gasteiger partial charge in [0.25, 0.3) is 0 Å². The van der Waals surface area contributed by atoms with Crippen LogP contribution in [0.1, 0.15) is 43.7 Å². The molecule has 0 saturated heterocycles. The fourth-order valence-electron chi connectivity index (χ4n) is 2.65. The second kappa shape index (κ2) is 4.99. The summed E-state index contributed by atoms with van der Waals surface area (Å²) in [4.78, 5) is 0. The zero-order valence-corrected chi connectivity index (χ0v) is 10.9. The van der Waals surface area contributed by atoms with Crippen molar-refractivity contribution in [2.75, 3.05) is 6.54 Å². The second-order valence-corrected chi connectivity index (χ2v) is 6.01. The summed E-state index contributed by atoms with van der Waals surface area (Å²) >= 11 is 5.95. The van der Waals surface area contributed by atoms with E-state index in [1.807, 2.05) is 12.1 Å². The fraction of sp³-hybridized carbons (Fsp3) is 0.600. The summed E-state index contributed by atoms with van der Waals surface area (Å²) in [5, 5.41) is 4.61. The number of halogens is 1. The highest BCUT2D eigenvalue weighted by atomic mass is 35.5. The molecule has 0 heterocycles. The number of benzene rings is 1. The Bertz CT molecular complexity index is 365.